The van der Waals surface area contributed by atoms with Crippen LogP contribution in [0.4, 0.5) is 4.39 Å². The number of imidazole rings is 1. The van der Waals surface area contributed by atoms with E-state index in [1.807, 2.05) is 10.8 Å². The van der Waals surface area contributed by atoms with Gasteiger partial charge < -0.3 is 4.57 Å². The third kappa shape index (κ3) is 3.17. The molecule has 1 aromatic heterocycles. The van der Waals surface area contributed by atoms with E-state index in [1.54, 1.807) is 18.3 Å². The van der Waals surface area contributed by atoms with Crippen LogP contribution in [0.15, 0.2) is 30.6 Å². The Balaban J connectivity index is 2.24. The van der Waals surface area contributed by atoms with E-state index in [0.29, 0.717) is 12.0 Å². The van der Waals surface area contributed by atoms with Crippen molar-refractivity contribution in [1.82, 2.24) is 15.0 Å². The molecule has 20 heavy (non-hydrogen) atoms. The standard InChI is InChI=1S/C14H18ClFN4/c1-2-7-20-8-6-18-14(20)12(19-17)9-10-4-3-5-11(15)13(10)16/h3-6,8,12,19H,2,7,9,17H2,1H3. The molecule has 0 aliphatic rings. The molecule has 6 heteroatoms. The van der Waals surface area contributed by atoms with Gasteiger partial charge in [0.25, 0.3) is 0 Å². The molecular weight excluding hydrogens is 279 g/mol. The number of nitrogens with two attached hydrogens (primary N) is 1. The zero-order valence-electron chi connectivity index (χ0n) is 11.3. The summed E-state index contributed by atoms with van der Waals surface area (Å²) >= 11 is 5.80. The molecule has 2 aromatic rings. The molecule has 0 aliphatic heterocycles. The van der Waals surface area contributed by atoms with Gasteiger partial charge in [0.1, 0.15) is 11.6 Å². The smallest absolute Gasteiger partial charge is 0.145 e. The van der Waals surface area contributed by atoms with Gasteiger partial charge in [-0.1, -0.05) is 30.7 Å². The summed E-state index contributed by atoms with van der Waals surface area (Å²) in [7, 11) is 0. The number of aromatic nitrogens is 2. The maximum atomic E-state index is 14.0. The summed E-state index contributed by atoms with van der Waals surface area (Å²) in [5, 5.41) is 0.121. The molecule has 0 fully saturated rings. The second-order valence-electron chi connectivity index (χ2n) is 4.62. The zero-order chi connectivity index (χ0) is 14.5. The number of nitrogens with zero attached hydrogens (tertiary/aromatic N) is 2. The number of hydrogen-bond acceptors (Lipinski definition) is 3. The lowest BCUT2D eigenvalue weighted by molar-refractivity contribution is 0.478. The normalized spacial score (nSPS) is 12.6. The average molecular weight is 297 g/mol. The van der Waals surface area contributed by atoms with Crippen LogP contribution in [0, 0.1) is 5.82 Å². The molecule has 0 spiro atoms. The van der Waals surface area contributed by atoms with Gasteiger partial charge in [-0.15, -0.1) is 0 Å². The van der Waals surface area contributed by atoms with Crippen LogP contribution < -0.4 is 11.3 Å². The summed E-state index contributed by atoms with van der Waals surface area (Å²) < 4.78 is 16.0. The number of hydrazine groups is 1. The Morgan fingerprint density at radius 3 is 3.00 bits per heavy atom. The van der Waals surface area contributed by atoms with E-state index in [4.69, 9.17) is 17.4 Å². The summed E-state index contributed by atoms with van der Waals surface area (Å²) in [5.41, 5.74) is 3.23. The molecule has 0 bridgehead atoms. The lowest BCUT2D eigenvalue weighted by Gasteiger charge is -2.18. The lowest BCUT2D eigenvalue weighted by Crippen LogP contribution is -2.32. The highest BCUT2D eigenvalue weighted by Gasteiger charge is 2.18. The van der Waals surface area contributed by atoms with Gasteiger partial charge in [0.05, 0.1) is 11.1 Å². The van der Waals surface area contributed by atoms with Crippen molar-refractivity contribution in [3.63, 3.8) is 0 Å². The third-order valence-electron chi connectivity index (χ3n) is 3.18. The molecule has 4 nitrogen and oxygen atoms in total. The van der Waals surface area contributed by atoms with Gasteiger partial charge in [0, 0.05) is 18.9 Å². The molecule has 2 rings (SSSR count). The van der Waals surface area contributed by atoms with Crippen molar-refractivity contribution in [3.8, 4) is 0 Å². The van der Waals surface area contributed by atoms with Gasteiger partial charge in [-0.3, -0.25) is 5.84 Å². The molecule has 0 radical (unpaired) electrons. The van der Waals surface area contributed by atoms with Crippen molar-refractivity contribution >= 4 is 11.6 Å². The van der Waals surface area contributed by atoms with Crippen molar-refractivity contribution in [1.29, 1.82) is 0 Å². The van der Waals surface area contributed by atoms with Crippen molar-refractivity contribution in [2.75, 3.05) is 0 Å². The highest BCUT2D eigenvalue weighted by Crippen LogP contribution is 2.23. The van der Waals surface area contributed by atoms with E-state index in [2.05, 4.69) is 17.3 Å². The maximum Gasteiger partial charge on any atom is 0.145 e. The molecule has 0 aliphatic carbocycles. The van der Waals surface area contributed by atoms with Gasteiger partial charge in [-0.2, -0.15) is 0 Å². The Labute approximate surface area is 122 Å². The number of nitrogens with one attached hydrogen (secondary N) is 1. The minimum atomic E-state index is -0.400. The minimum absolute atomic E-state index is 0.121. The summed E-state index contributed by atoms with van der Waals surface area (Å²) in [5.74, 6) is 6.01. The summed E-state index contributed by atoms with van der Waals surface area (Å²) in [6, 6.07) is 4.71. The Hall–Kier alpha value is -1.43. The first kappa shape index (κ1) is 15.0. The Kier molecular flexibility index (Phi) is 5.11. The molecule has 0 saturated carbocycles. The van der Waals surface area contributed by atoms with Crippen molar-refractivity contribution in [2.45, 2.75) is 32.4 Å². The predicted molar refractivity (Wildman–Crippen MR) is 77.7 cm³/mol. The van der Waals surface area contributed by atoms with Crippen LogP contribution in [0.5, 0.6) is 0 Å². The first-order chi connectivity index (χ1) is 9.67. The van der Waals surface area contributed by atoms with Gasteiger partial charge in [0.15, 0.2) is 0 Å². The van der Waals surface area contributed by atoms with Gasteiger partial charge in [-0.05, 0) is 24.5 Å². The Bertz CT molecular complexity index is 570. The van der Waals surface area contributed by atoms with E-state index < -0.39 is 5.82 Å². The van der Waals surface area contributed by atoms with Crippen LogP contribution in [0.2, 0.25) is 5.02 Å². The van der Waals surface area contributed by atoms with Crippen LogP contribution in [-0.4, -0.2) is 9.55 Å². The summed E-state index contributed by atoms with van der Waals surface area (Å²) in [6.07, 6.45) is 5.01. The number of rotatable bonds is 6. The molecular formula is C14H18ClFN4. The van der Waals surface area contributed by atoms with Gasteiger partial charge >= 0.3 is 0 Å². The lowest BCUT2D eigenvalue weighted by atomic mass is 10.1. The molecule has 1 unspecified atom stereocenters. The summed E-state index contributed by atoms with van der Waals surface area (Å²) in [6.45, 7) is 2.94. The zero-order valence-corrected chi connectivity index (χ0v) is 12.1. The van der Waals surface area contributed by atoms with E-state index in [9.17, 15) is 4.39 Å². The maximum absolute atomic E-state index is 14.0. The van der Waals surface area contributed by atoms with Crippen molar-refractivity contribution < 1.29 is 4.39 Å². The van der Waals surface area contributed by atoms with E-state index in [-0.39, 0.29) is 11.1 Å². The molecule has 3 N–H and O–H groups in total. The molecule has 0 saturated heterocycles. The van der Waals surface area contributed by atoms with E-state index >= 15 is 0 Å². The van der Waals surface area contributed by atoms with Gasteiger partial charge in [-0.25, -0.2) is 14.8 Å². The topological polar surface area (TPSA) is 55.9 Å². The number of aryl methyl sites for hydroxylation is 1. The van der Waals surface area contributed by atoms with Crippen LogP contribution >= 0.6 is 11.6 Å². The Morgan fingerprint density at radius 1 is 1.50 bits per heavy atom. The van der Waals surface area contributed by atoms with E-state index in [1.165, 1.54) is 6.07 Å². The fourth-order valence-corrected chi connectivity index (χ4v) is 2.41. The highest BCUT2D eigenvalue weighted by atomic mass is 35.5. The van der Waals surface area contributed by atoms with Crippen LogP contribution in [0.25, 0.3) is 0 Å². The quantitative estimate of drug-likeness (QED) is 0.636. The first-order valence-corrected chi connectivity index (χ1v) is 6.95. The average Bonchev–Trinajstić information content (AvgIpc) is 2.89. The number of benzene rings is 1. The highest BCUT2D eigenvalue weighted by molar-refractivity contribution is 6.30. The predicted octanol–water partition coefficient (Wildman–Crippen LogP) is 2.83. The second kappa shape index (κ2) is 6.83. The fraction of sp³-hybridized carbons (Fsp3) is 0.357. The van der Waals surface area contributed by atoms with Crippen LogP contribution in [0.1, 0.15) is 30.8 Å². The van der Waals surface area contributed by atoms with Crippen LogP contribution in [-0.2, 0) is 13.0 Å². The number of halogens is 2. The Morgan fingerprint density at radius 2 is 2.30 bits per heavy atom. The third-order valence-corrected chi connectivity index (χ3v) is 3.47. The molecule has 0 amide bonds. The monoisotopic (exact) mass is 296 g/mol. The molecule has 108 valence electrons. The second-order valence-corrected chi connectivity index (χ2v) is 5.02. The fourth-order valence-electron chi connectivity index (χ4n) is 2.21. The van der Waals surface area contributed by atoms with Crippen LogP contribution in [0.3, 0.4) is 0 Å². The molecule has 1 aromatic carbocycles. The minimum Gasteiger partial charge on any atom is -0.334 e. The number of hydrogen-bond donors (Lipinski definition) is 2. The van der Waals surface area contributed by atoms with E-state index in [0.717, 1.165) is 18.8 Å². The molecule has 1 atom stereocenters. The van der Waals surface area contributed by atoms with Gasteiger partial charge in [0.2, 0.25) is 0 Å². The molecule has 1 heterocycles. The van der Waals surface area contributed by atoms with Crippen molar-refractivity contribution in [2.24, 2.45) is 5.84 Å². The summed E-state index contributed by atoms with van der Waals surface area (Å²) in [4.78, 5) is 4.32. The van der Waals surface area contributed by atoms with Crippen molar-refractivity contribution in [3.05, 3.63) is 52.8 Å². The first-order valence-electron chi connectivity index (χ1n) is 6.57. The SMILES string of the molecule is CCCn1ccnc1C(Cc1cccc(Cl)c1F)NN. The largest absolute Gasteiger partial charge is 0.334 e.